The highest BCUT2D eigenvalue weighted by atomic mass is 32.2. The summed E-state index contributed by atoms with van der Waals surface area (Å²) in [5, 5.41) is 2.77. The van der Waals surface area contributed by atoms with Crippen molar-refractivity contribution in [1.29, 1.82) is 0 Å². The van der Waals surface area contributed by atoms with E-state index < -0.39 is 10.0 Å². The maximum Gasteiger partial charge on any atom is 0.251 e. The Morgan fingerprint density at radius 3 is 2.38 bits per heavy atom. The highest BCUT2D eigenvalue weighted by Crippen LogP contribution is 2.27. The highest BCUT2D eigenvalue weighted by Gasteiger charge is 2.26. The van der Waals surface area contributed by atoms with E-state index in [1.807, 2.05) is 0 Å². The predicted molar refractivity (Wildman–Crippen MR) is 98.5 cm³/mol. The van der Waals surface area contributed by atoms with Crippen molar-refractivity contribution >= 4 is 15.9 Å². The average Bonchev–Trinajstić information content (AvgIpc) is 2.67. The molecule has 2 aromatic rings. The van der Waals surface area contributed by atoms with Crippen molar-refractivity contribution in [2.45, 2.75) is 25.3 Å². The van der Waals surface area contributed by atoms with Gasteiger partial charge in [-0.25, -0.2) is 8.42 Å². The zero-order valence-corrected chi connectivity index (χ0v) is 15.9. The molecule has 0 radical (unpaired) electrons. The zero-order valence-electron chi connectivity index (χ0n) is 15.1. The average molecular weight is 377 g/mol. The summed E-state index contributed by atoms with van der Waals surface area (Å²) in [5.41, 5.74) is 1.16. The lowest BCUT2D eigenvalue weighted by Gasteiger charge is -2.20. The number of benzene rings is 1. The second-order valence-corrected chi connectivity index (χ2v) is 7.40. The molecular weight excluding hydrogens is 354 g/mol. The molecule has 0 bridgehead atoms. The highest BCUT2D eigenvalue weighted by molar-refractivity contribution is 7.89. The van der Waals surface area contributed by atoms with Crippen molar-refractivity contribution in [3.05, 3.63) is 53.9 Å². The summed E-state index contributed by atoms with van der Waals surface area (Å²) < 4.78 is 32.2. The van der Waals surface area contributed by atoms with Crippen LogP contribution in [0.15, 0.2) is 47.6 Å². The molecule has 0 aliphatic rings. The van der Waals surface area contributed by atoms with Crippen LogP contribution in [0, 0.1) is 0 Å². The molecule has 0 saturated carbocycles. The summed E-state index contributed by atoms with van der Waals surface area (Å²) in [6.45, 7) is 4.52. The molecule has 1 N–H and O–H groups in total. The van der Waals surface area contributed by atoms with Gasteiger partial charge in [-0.05, 0) is 35.9 Å². The Labute approximate surface area is 154 Å². The van der Waals surface area contributed by atoms with Crippen LogP contribution in [0.25, 0.3) is 0 Å². The van der Waals surface area contributed by atoms with Crippen LogP contribution >= 0.6 is 0 Å². The number of carbonyl (C=O) groups excluding carboxylic acids is 1. The SMILES string of the molecule is CCN(CC)S(=O)(=O)c1cc(C(=O)NCc2ccncc2)ccc1OC. The minimum absolute atomic E-state index is 0.0136. The van der Waals surface area contributed by atoms with Crippen molar-refractivity contribution in [1.82, 2.24) is 14.6 Å². The van der Waals surface area contributed by atoms with Gasteiger partial charge in [0.05, 0.1) is 7.11 Å². The van der Waals surface area contributed by atoms with Crippen LogP contribution in [0.5, 0.6) is 5.75 Å². The van der Waals surface area contributed by atoms with Gasteiger partial charge in [-0.1, -0.05) is 13.8 Å². The van der Waals surface area contributed by atoms with Crippen molar-refractivity contribution in [3.8, 4) is 5.75 Å². The molecule has 26 heavy (non-hydrogen) atoms. The molecule has 1 aromatic carbocycles. The van der Waals surface area contributed by atoms with Crippen molar-refractivity contribution in [2.75, 3.05) is 20.2 Å². The van der Waals surface area contributed by atoms with Gasteiger partial charge >= 0.3 is 0 Å². The number of aromatic nitrogens is 1. The first-order valence-electron chi connectivity index (χ1n) is 8.29. The molecule has 1 heterocycles. The summed E-state index contributed by atoms with van der Waals surface area (Å²) in [5.74, 6) is -0.150. The molecule has 140 valence electrons. The molecule has 1 aromatic heterocycles. The lowest BCUT2D eigenvalue weighted by Crippen LogP contribution is -2.31. The van der Waals surface area contributed by atoms with E-state index in [0.717, 1.165) is 5.56 Å². The van der Waals surface area contributed by atoms with Crippen LogP contribution in [-0.4, -0.2) is 43.8 Å². The summed E-state index contributed by atoms with van der Waals surface area (Å²) >= 11 is 0. The second-order valence-electron chi connectivity index (χ2n) is 5.49. The summed E-state index contributed by atoms with van der Waals surface area (Å²) in [4.78, 5) is 16.3. The molecule has 8 heteroatoms. The maximum atomic E-state index is 12.8. The van der Waals surface area contributed by atoms with Crippen molar-refractivity contribution in [2.24, 2.45) is 0 Å². The monoisotopic (exact) mass is 377 g/mol. The Morgan fingerprint density at radius 2 is 1.81 bits per heavy atom. The summed E-state index contributed by atoms with van der Waals surface area (Å²) in [7, 11) is -2.34. The van der Waals surface area contributed by atoms with Gasteiger partial charge < -0.3 is 10.1 Å². The number of methoxy groups -OCH3 is 1. The third-order valence-electron chi connectivity index (χ3n) is 3.95. The van der Waals surface area contributed by atoms with E-state index >= 15 is 0 Å². The zero-order chi connectivity index (χ0) is 19.2. The Bertz CT molecular complexity index is 850. The standard InChI is InChI=1S/C18H23N3O4S/c1-4-21(5-2)26(23,24)17-12-15(6-7-16(17)25-3)18(22)20-13-14-8-10-19-11-9-14/h6-12H,4-5,13H2,1-3H3,(H,20,22). The lowest BCUT2D eigenvalue weighted by molar-refractivity contribution is 0.0950. The van der Waals surface area contributed by atoms with Crippen LogP contribution < -0.4 is 10.1 Å². The number of rotatable bonds is 8. The van der Waals surface area contributed by atoms with Gasteiger partial charge in [-0.3, -0.25) is 9.78 Å². The molecular formula is C18H23N3O4S. The number of hydrogen-bond acceptors (Lipinski definition) is 5. The molecule has 0 fully saturated rings. The third-order valence-corrected chi connectivity index (χ3v) is 6.02. The Hall–Kier alpha value is -2.45. The third kappa shape index (κ3) is 4.39. The normalized spacial score (nSPS) is 11.4. The van der Waals surface area contributed by atoms with Crippen LogP contribution in [0.2, 0.25) is 0 Å². The lowest BCUT2D eigenvalue weighted by atomic mass is 10.2. The molecule has 0 saturated heterocycles. The topological polar surface area (TPSA) is 88.6 Å². The Morgan fingerprint density at radius 1 is 1.15 bits per heavy atom. The molecule has 0 spiro atoms. The smallest absolute Gasteiger partial charge is 0.251 e. The summed E-state index contributed by atoms with van der Waals surface area (Å²) in [6, 6.07) is 7.99. The molecule has 0 aliphatic carbocycles. The van der Waals surface area contributed by atoms with Crippen molar-refractivity contribution in [3.63, 3.8) is 0 Å². The molecule has 0 aliphatic heterocycles. The number of hydrogen-bond donors (Lipinski definition) is 1. The van der Waals surface area contributed by atoms with Gasteiger partial charge in [0.25, 0.3) is 5.91 Å². The predicted octanol–water partition coefficient (Wildman–Crippen LogP) is 2.05. The number of nitrogens with one attached hydrogen (secondary N) is 1. The van der Waals surface area contributed by atoms with Gasteiger partial charge in [0.2, 0.25) is 10.0 Å². The van der Waals surface area contributed by atoms with Crippen molar-refractivity contribution < 1.29 is 17.9 Å². The summed E-state index contributed by atoms with van der Waals surface area (Å²) in [6.07, 6.45) is 3.28. The van der Waals surface area contributed by atoms with Crippen LogP contribution in [0.4, 0.5) is 0 Å². The van der Waals surface area contributed by atoms with Crippen LogP contribution in [-0.2, 0) is 16.6 Å². The van der Waals surface area contributed by atoms with Gasteiger partial charge in [-0.2, -0.15) is 4.31 Å². The van der Waals surface area contributed by atoms with E-state index in [4.69, 9.17) is 4.74 Å². The quantitative estimate of drug-likeness (QED) is 0.761. The number of sulfonamides is 1. The fourth-order valence-electron chi connectivity index (χ4n) is 2.51. The molecule has 0 unspecified atom stereocenters. The van der Waals surface area contributed by atoms with Crippen LogP contribution in [0.1, 0.15) is 29.8 Å². The fourth-order valence-corrected chi connectivity index (χ4v) is 4.15. The first kappa shape index (κ1) is 19.9. The number of nitrogens with zero attached hydrogens (tertiary/aromatic N) is 2. The van der Waals surface area contributed by atoms with Gasteiger partial charge in [0, 0.05) is 37.6 Å². The largest absolute Gasteiger partial charge is 0.495 e. The van der Waals surface area contributed by atoms with E-state index in [9.17, 15) is 13.2 Å². The number of amides is 1. The minimum Gasteiger partial charge on any atom is -0.495 e. The molecule has 1 amide bonds. The molecule has 2 rings (SSSR count). The minimum atomic E-state index is -3.75. The van der Waals surface area contributed by atoms with Gasteiger partial charge in [0.15, 0.2) is 0 Å². The van der Waals surface area contributed by atoms with E-state index in [2.05, 4.69) is 10.3 Å². The van der Waals surface area contributed by atoms with Gasteiger partial charge in [-0.15, -0.1) is 0 Å². The molecule has 0 atom stereocenters. The first-order valence-corrected chi connectivity index (χ1v) is 9.73. The van der Waals surface area contributed by atoms with E-state index in [1.54, 1.807) is 44.4 Å². The number of pyridine rings is 1. The number of ether oxygens (including phenoxy) is 1. The van der Waals surface area contributed by atoms with Gasteiger partial charge in [0.1, 0.15) is 10.6 Å². The fraction of sp³-hybridized carbons (Fsp3) is 0.333. The van der Waals surface area contributed by atoms with E-state index in [1.165, 1.54) is 23.5 Å². The van der Waals surface area contributed by atoms with E-state index in [0.29, 0.717) is 19.6 Å². The Balaban J connectivity index is 2.29. The second kappa shape index (κ2) is 8.77. The van der Waals surface area contributed by atoms with E-state index in [-0.39, 0.29) is 22.1 Å². The number of carbonyl (C=O) groups is 1. The molecule has 7 nitrogen and oxygen atoms in total. The maximum absolute atomic E-state index is 12.8. The Kier molecular flexibility index (Phi) is 6.70. The van der Waals surface area contributed by atoms with Crippen LogP contribution in [0.3, 0.4) is 0 Å². The first-order chi connectivity index (χ1) is 12.4.